The van der Waals surface area contributed by atoms with Crippen LogP contribution < -0.4 is 9.46 Å². The van der Waals surface area contributed by atoms with E-state index in [4.69, 9.17) is 4.74 Å². The van der Waals surface area contributed by atoms with Gasteiger partial charge in [0.25, 0.3) is 0 Å². The van der Waals surface area contributed by atoms with Gasteiger partial charge in [0.05, 0.1) is 30.3 Å². The molecule has 0 aliphatic rings. The van der Waals surface area contributed by atoms with Crippen LogP contribution in [0, 0.1) is 0 Å². The van der Waals surface area contributed by atoms with Crippen molar-refractivity contribution in [1.82, 2.24) is 14.1 Å². The molecule has 0 bridgehead atoms. The van der Waals surface area contributed by atoms with Gasteiger partial charge in [0, 0.05) is 12.5 Å². The topological polar surface area (TPSA) is 107 Å². The maximum Gasteiger partial charge on any atom is 0.244 e. The lowest BCUT2D eigenvalue weighted by molar-refractivity contribution is 0.401. The summed E-state index contributed by atoms with van der Waals surface area (Å²) in [6, 6.07) is 9.22. The van der Waals surface area contributed by atoms with Crippen molar-refractivity contribution in [3.8, 4) is 5.75 Å². The third-order valence-corrected chi connectivity index (χ3v) is 6.32. The van der Waals surface area contributed by atoms with Gasteiger partial charge in [-0.1, -0.05) is 6.07 Å². The van der Waals surface area contributed by atoms with E-state index in [-0.39, 0.29) is 22.1 Å². The number of nitrogens with zero attached hydrogens (tertiary/aromatic N) is 2. The highest BCUT2D eigenvalue weighted by molar-refractivity contribution is 7.91. The minimum Gasteiger partial charge on any atom is -0.495 e. The number of nitrogens with one attached hydrogen (secondary N) is 1. The molecule has 0 saturated heterocycles. The van der Waals surface area contributed by atoms with Crippen molar-refractivity contribution >= 4 is 25.4 Å². The minimum atomic E-state index is -4.02. The first-order chi connectivity index (χ1) is 12.2. The molecule has 10 heteroatoms. The number of benzene rings is 1. The maximum atomic E-state index is 12.7. The highest BCUT2D eigenvalue weighted by atomic mass is 32.2. The third-order valence-electron chi connectivity index (χ3n) is 3.79. The van der Waals surface area contributed by atoms with E-state index in [1.54, 1.807) is 16.8 Å². The number of ether oxygens (including phenoxy) is 1. The number of rotatable bonds is 6. The van der Waals surface area contributed by atoms with Crippen LogP contribution in [0.2, 0.25) is 0 Å². The first kappa shape index (κ1) is 18.4. The molecule has 0 unspecified atom stereocenters. The number of sulfonamides is 1. The maximum absolute atomic E-state index is 12.7. The summed E-state index contributed by atoms with van der Waals surface area (Å²) in [6.45, 7) is -0.0627. The second kappa shape index (κ2) is 6.71. The van der Waals surface area contributed by atoms with Crippen molar-refractivity contribution in [2.45, 2.75) is 16.3 Å². The predicted molar refractivity (Wildman–Crippen MR) is 95.3 cm³/mol. The Labute approximate surface area is 151 Å². The Morgan fingerprint density at radius 1 is 1.15 bits per heavy atom. The molecular formula is C16H17N3O5S2. The molecule has 138 valence electrons. The van der Waals surface area contributed by atoms with Crippen LogP contribution in [0.1, 0.15) is 5.82 Å². The molecule has 1 aromatic carbocycles. The fraction of sp³-hybridized carbons (Fsp3) is 0.188. The Hall–Kier alpha value is -2.43. The second-order valence-corrected chi connectivity index (χ2v) is 9.33. The van der Waals surface area contributed by atoms with Gasteiger partial charge in [0.1, 0.15) is 16.5 Å². The summed E-state index contributed by atoms with van der Waals surface area (Å²) in [5, 5.41) is 0. The summed E-state index contributed by atoms with van der Waals surface area (Å²) in [7, 11) is -6.27. The van der Waals surface area contributed by atoms with E-state index >= 15 is 0 Å². The smallest absolute Gasteiger partial charge is 0.244 e. The standard InChI is InChI=1S/C16H17N3O5S2/c1-24-14-7-6-13(25(2,20)21)9-15(14)26(22,23)18-11-16-17-10-12-5-3-4-8-19(12)16/h3-10,18H,11H2,1-2H3. The molecule has 0 fully saturated rings. The summed E-state index contributed by atoms with van der Waals surface area (Å²) in [5.41, 5.74) is 0.832. The van der Waals surface area contributed by atoms with Crippen LogP contribution in [0.4, 0.5) is 0 Å². The van der Waals surface area contributed by atoms with Crippen molar-refractivity contribution in [3.63, 3.8) is 0 Å². The zero-order valence-corrected chi connectivity index (χ0v) is 15.7. The molecular weight excluding hydrogens is 378 g/mol. The molecule has 3 aromatic rings. The van der Waals surface area contributed by atoms with Crippen LogP contribution in [0.3, 0.4) is 0 Å². The van der Waals surface area contributed by atoms with Gasteiger partial charge in [-0.2, -0.15) is 0 Å². The molecule has 0 spiro atoms. The third kappa shape index (κ3) is 3.57. The number of aromatic nitrogens is 2. The van der Waals surface area contributed by atoms with Crippen LogP contribution in [-0.2, 0) is 26.4 Å². The number of hydrogen-bond acceptors (Lipinski definition) is 6. The molecule has 3 rings (SSSR count). The molecule has 26 heavy (non-hydrogen) atoms. The molecule has 0 atom stereocenters. The van der Waals surface area contributed by atoms with Crippen molar-refractivity contribution in [3.05, 3.63) is 54.6 Å². The van der Waals surface area contributed by atoms with Crippen molar-refractivity contribution in [2.24, 2.45) is 0 Å². The van der Waals surface area contributed by atoms with Crippen molar-refractivity contribution in [2.75, 3.05) is 13.4 Å². The fourth-order valence-electron chi connectivity index (χ4n) is 2.47. The Morgan fingerprint density at radius 3 is 2.62 bits per heavy atom. The molecule has 0 aliphatic heterocycles. The van der Waals surface area contributed by atoms with Crippen LogP contribution in [0.5, 0.6) is 5.75 Å². The van der Waals surface area contributed by atoms with E-state index in [1.807, 2.05) is 18.2 Å². The molecule has 2 aromatic heterocycles. The van der Waals surface area contributed by atoms with Gasteiger partial charge in [0.2, 0.25) is 10.0 Å². The molecule has 0 amide bonds. The zero-order chi connectivity index (χ0) is 18.9. The Bertz CT molecular complexity index is 1170. The van der Waals surface area contributed by atoms with Gasteiger partial charge in [-0.3, -0.25) is 0 Å². The van der Waals surface area contributed by atoms with Gasteiger partial charge < -0.3 is 9.14 Å². The molecule has 0 radical (unpaired) electrons. The van der Waals surface area contributed by atoms with Crippen LogP contribution in [0.25, 0.3) is 5.52 Å². The summed E-state index contributed by atoms with van der Waals surface area (Å²) >= 11 is 0. The lowest BCUT2D eigenvalue weighted by atomic mass is 10.3. The molecule has 0 saturated carbocycles. The highest BCUT2D eigenvalue weighted by Gasteiger charge is 2.22. The van der Waals surface area contributed by atoms with Gasteiger partial charge in [-0.05, 0) is 30.3 Å². The average molecular weight is 395 g/mol. The summed E-state index contributed by atoms with van der Waals surface area (Å²) in [6.07, 6.45) is 4.42. The van der Waals surface area contributed by atoms with Crippen molar-refractivity contribution in [1.29, 1.82) is 0 Å². The summed E-state index contributed by atoms with van der Waals surface area (Å²) < 4.78 is 58.1. The van der Waals surface area contributed by atoms with Crippen LogP contribution >= 0.6 is 0 Å². The second-order valence-electron chi connectivity index (χ2n) is 5.58. The van der Waals surface area contributed by atoms with Gasteiger partial charge in [-0.15, -0.1) is 0 Å². The van der Waals surface area contributed by atoms with Gasteiger partial charge >= 0.3 is 0 Å². The highest BCUT2D eigenvalue weighted by Crippen LogP contribution is 2.27. The molecule has 1 N–H and O–H groups in total. The van der Waals surface area contributed by atoms with E-state index < -0.39 is 19.9 Å². The number of imidazole rings is 1. The quantitative estimate of drug-likeness (QED) is 0.673. The molecule has 2 heterocycles. The fourth-order valence-corrected chi connectivity index (χ4v) is 4.36. The van der Waals surface area contributed by atoms with Crippen molar-refractivity contribution < 1.29 is 21.6 Å². The zero-order valence-electron chi connectivity index (χ0n) is 14.1. The van der Waals surface area contributed by atoms with Gasteiger partial charge in [0.15, 0.2) is 9.84 Å². The van der Waals surface area contributed by atoms with E-state index in [2.05, 4.69) is 9.71 Å². The van der Waals surface area contributed by atoms with E-state index in [9.17, 15) is 16.8 Å². The van der Waals surface area contributed by atoms with E-state index in [0.717, 1.165) is 17.8 Å². The predicted octanol–water partition coefficient (Wildman–Crippen LogP) is 1.22. The Balaban J connectivity index is 1.95. The largest absolute Gasteiger partial charge is 0.495 e. The lowest BCUT2D eigenvalue weighted by Crippen LogP contribution is -2.25. The summed E-state index contributed by atoms with van der Waals surface area (Å²) in [5.74, 6) is 0.556. The summed E-state index contributed by atoms with van der Waals surface area (Å²) in [4.78, 5) is 3.85. The average Bonchev–Trinajstić information content (AvgIpc) is 3.02. The monoisotopic (exact) mass is 395 g/mol. The molecule has 8 nitrogen and oxygen atoms in total. The van der Waals surface area contributed by atoms with Gasteiger partial charge in [-0.25, -0.2) is 26.5 Å². The van der Waals surface area contributed by atoms with Crippen LogP contribution in [0.15, 0.2) is 58.6 Å². The lowest BCUT2D eigenvalue weighted by Gasteiger charge is -2.12. The van der Waals surface area contributed by atoms with E-state index in [1.165, 1.54) is 19.2 Å². The Kier molecular flexibility index (Phi) is 4.74. The number of hydrogen-bond donors (Lipinski definition) is 1. The first-order valence-corrected chi connectivity index (χ1v) is 10.9. The molecule has 0 aliphatic carbocycles. The van der Waals surface area contributed by atoms with E-state index in [0.29, 0.717) is 5.82 Å². The number of fused-ring (bicyclic) bond motifs is 1. The number of methoxy groups -OCH3 is 1. The normalized spacial score (nSPS) is 12.4. The Morgan fingerprint density at radius 2 is 1.92 bits per heavy atom. The number of pyridine rings is 1. The SMILES string of the molecule is COc1ccc(S(C)(=O)=O)cc1S(=O)(=O)NCc1ncc2ccccn12. The minimum absolute atomic E-state index is 0.0536. The number of sulfone groups is 1. The van der Waals surface area contributed by atoms with Crippen LogP contribution in [-0.4, -0.2) is 39.6 Å². The first-order valence-electron chi connectivity index (χ1n) is 7.51.